The first kappa shape index (κ1) is 40.8. The van der Waals surface area contributed by atoms with Crippen LogP contribution in [-0.4, -0.2) is 46.7 Å². The van der Waals surface area contributed by atoms with Gasteiger partial charge in [0.25, 0.3) is 0 Å². The van der Waals surface area contributed by atoms with Crippen LogP contribution < -0.4 is 10.2 Å². The number of rotatable bonds is 12. The number of nitrogens with zero attached hydrogens (tertiary/aromatic N) is 2. The molecule has 245 valence electrons. The van der Waals surface area contributed by atoms with Crippen molar-refractivity contribution in [3.05, 3.63) is 57.6 Å². The van der Waals surface area contributed by atoms with Gasteiger partial charge in [-0.1, -0.05) is 65.5 Å². The Morgan fingerprint density at radius 2 is 1.02 bits per heavy atom. The minimum Gasteiger partial charge on any atom is -0.550 e. The fourth-order valence-electron chi connectivity index (χ4n) is 5.13. The van der Waals surface area contributed by atoms with E-state index in [1.165, 1.54) is 11.1 Å². The number of phenols is 2. The second-order valence-electron chi connectivity index (χ2n) is 11.0. The molecular weight excluding hydrogens is 603 g/mol. The molecule has 0 aromatic heterocycles. The van der Waals surface area contributed by atoms with Crippen molar-refractivity contribution >= 4 is 24.4 Å². The van der Waals surface area contributed by atoms with E-state index < -0.39 is 11.9 Å². The smallest absolute Gasteiger partial charge is 0.550 e. The Morgan fingerprint density at radius 3 is 1.32 bits per heavy atom. The van der Waals surface area contributed by atoms with Crippen LogP contribution in [0.4, 0.5) is 0 Å². The summed E-state index contributed by atoms with van der Waals surface area (Å²) in [4.78, 5) is 27.5. The molecule has 0 spiro atoms. The molecule has 0 saturated heterocycles. The Labute approximate surface area is 273 Å². The Kier molecular flexibility index (Phi) is 20.7. The van der Waals surface area contributed by atoms with Gasteiger partial charge in [0.1, 0.15) is 11.5 Å². The van der Waals surface area contributed by atoms with Crippen LogP contribution in [0.2, 0.25) is 0 Å². The molecule has 0 heterocycles. The molecule has 8 nitrogen and oxygen atoms in total. The monoisotopic (exact) mass is 653 g/mol. The number of hydrogen-bond acceptors (Lipinski definition) is 8. The van der Waals surface area contributed by atoms with Crippen molar-refractivity contribution in [2.45, 2.75) is 124 Å². The Balaban J connectivity index is 0.00000183. The van der Waals surface area contributed by atoms with Crippen LogP contribution in [0.3, 0.4) is 0 Å². The van der Waals surface area contributed by atoms with Gasteiger partial charge in [-0.2, -0.15) is 0 Å². The summed E-state index contributed by atoms with van der Waals surface area (Å²) >= 11 is 0. The topological polar surface area (TPSA) is 145 Å². The number of carbonyl (C=O) groups excluding carboxylic acids is 2. The van der Waals surface area contributed by atoms with Crippen LogP contribution in [-0.2, 0) is 52.1 Å². The molecule has 0 amide bonds. The zero-order chi connectivity index (χ0) is 32.4. The Bertz CT molecular complexity index is 1130. The Hall–Kier alpha value is -3.17. The van der Waals surface area contributed by atoms with Crippen molar-refractivity contribution in [2.75, 3.05) is 0 Å². The molecule has 1 saturated carbocycles. The largest absolute Gasteiger partial charge is 2.00 e. The number of aliphatic carboxylic acids is 2. The van der Waals surface area contributed by atoms with Crippen LogP contribution in [0.5, 0.6) is 11.5 Å². The van der Waals surface area contributed by atoms with E-state index >= 15 is 0 Å². The number of phenolic OH excluding ortho intramolecular Hbond substituents is 2. The summed E-state index contributed by atoms with van der Waals surface area (Å²) in [6.07, 6.45) is 14.7. The summed E-state index contributed by atoms with van der Waals surface area (Å²) in [5.74, 6) is -1.40. The maximum Gasteiger partial charge on any atom is 2.00 e. The molecular formula is C35H50CoN2O6. The molecule has 2 unspecified atom stereocenters. The van der Waals surface area contributed by atoms with Crippen LogP contribution in [0.15, 0.2) is 34.3 Å². The van der Waals surface area contributed by atoms with Crippen molar-refractivity contribution in [3.8, 4) is 11.5 Å². The van der Waals surface area contributed by atoms with E-state index in [1.807, 2.05) is 12.4 Å². The van der Waals surface area contributed by atoms with Crippen LogP contribution in [0.1, 0.15) is 120 Å². The number of carboxylic acids is 2. The van der Waals surface area contributed by atoms with Crippen molar-refractivity contribution in [3.63, 3.8) is 0 Å². The molecule has 0 aliphatic heterocycles. The number of aromatic hydroxyl groups is 2. The molecule has 1 fully saturated rings. The first-order valence-corrected chi connectivity index (χ1v) is 15.6. The van der Waals surface area contributed by atoms with Gasteiger partial charge >= 0.3 is 16.8 Å². The van der Waals surface area contributed by atoms with Gasteiger partial charge in [-0.25, -0.2) is 0 Å². The zero-order valence-electron chi connectivity index (χ0n) is 27.2. The third kappa shape index (κ3) is 15.5. The molecule has 2 N–H and O–H groups in total. The summed E-state index contributed by atoms with van der Waals surface area (Å²) in [6.45, 7) is 10.6. The summed E-state index contributed by atoms with van der Waals surface area (Å²) < 4.78 is 0. The molecule has 1 aliphatic rings. The fraction of sp³-hybridized carbons (Fsp3) is 0.543. The van der Waals surface area contributed by atoms with Gasteiger partial charge in [0.15, 0.2) is 0 Å². The van der Waals surface area contributed by atoms with Crippen molar-refractivity contribution in [1.29, 1.82) is 0 Å². The van der Waals surface area contributed by atoms with Gasteiger partial charge < -0.3 is 30.0 Å². The summed E-state index contributed by atoms with van der Waals surface area (Å²) in [5, 5.41) is 39.3. The second-order valence-corrected chi connectivity index (χ2v) is 11.0. The van der Waals surface area contributed by atoms with Gasteiger partial charge in [-0.05, 0) is 93.2 Å². The van der Waals surface area contributed by atoms with E-state index in [-0.39, 0.29) is 28.9 Å². The number of benzene rings is 2. The van der Waals surface area contributed by atoms with E-state index in [4.69, 9.17) is 29.8 Å². The van der Waals surface area contributed by atoms with Crippen molar-refractivity contribution in [2.24, 2.45) is 9.98 Å². The van der Waals surface area contributed by atoms with Gasteiger partial charge in [-0.15, -0.1) is 0 Å². The van der Waals surface area contributed by atoms with E-state index in [0.717, 1.165) is 107 Å². The molecule has 44 heavy (non-hydrogen) atoms. The van der Waals surface area contributed by atoms with Gasteiger partial charge in [0.05, 0.1) is 12.1 Å². The average molecular weight is 654 g/mol. The maximum absolute atomic E-state index is 10.8. The number of aliphatic imine (C=N–C) groups is 2. The number of aryl methyl sites for hydroxylation is 4. The Morgan fingerprint density at radius 1 is 0.705 bits per heavy atom. The fourth-order valence-corrected chi connectivity index (χ4v) is 5.13. The molecule has 2 aromatic rings. The van der Waals surface area contributed by atoms with Crippen molar-refractivity contribution < 1.29 is 46.8 Å². The standard InChI is InChI=1S/C31H44N2O2.2C2H4O2.Co/c1-5-9-22-15-24(11-7-3)30(34)26(17-22)20-32-28-13-14-29(19-28)33-21-27-18-23(10-6-2)16-25(12-8-4)31(27)35;2*1-2(3)4;/h15-18,20-21,28-29,34-35H,5-14,19H2,1-4H3;2*1H3,(H,3,4);/q;;;+2/p-2. The molecule has 3 rings (SSSR count). The van der Waals surface area contributed by atoms with Gasteiger partial charge in [0, 0.05) is 35.5 Å². The van der Waals surface area contributed by atoms with Gasteiger partial charge in [-0.3, -0.25) is 9.98 Å². The minimum absolute atomic E-state index is 0. The molecule has 9 heteroatoms. The maximum atomic E-state index is 10.8. The quantitative estimate of drug-likeness (QED) is 0.313. The molecule has 0 bridgehead atoms. The minimum atomic E-state index is -1.08. The summed E-state index contributed by atoms with van der Waals surface area (Å²) in [6, 6.07) is 8.92. The van der Waals surface area contributed by atoms with Crippen LogP contribution >= 0.6 is 0 Å². The molecule has 1 aliphatic carbocycles. The molecule has 2 atom stereocenters. The normalized spacial score (nSPS) is 15.7. The second kappa shape index (κ2) is 22.4. The predicted octanol–water partition coefficient (Wildman–Crippen LogP) is 4.88. The van der Waals surface area contributed by atoms with Gasteiger partial charge in [0.2, 0.25) is 0 Å². The first-order valence-electron chi connectivity index (χ1n) is 15.6. The first-order chi connectivity index (χ1) is 20.4. The predicted molar refractivity (Wildman–Crippen MR) is 170 cm³/mol. The number of carboxylic acid groups (broad SMARTS) is 2. The third-order valence-corrected chi connectivity index (χ3v) is 6.90. The van der Waals surface area contributed by atoms with Crippen molar-refractivity contribution in [1.82, 2.24) is 0 Å². The molecule has 2 aromatic carbocycles. The number of carbonyl (C=O) groups is 2. The molecule has 1 radical (unpaired) electrons. The summed E-state index contributed by atoms with van der Waals surface area (Å²) in [5.41, 5.74) is 6.29. The number of hydrogen-bond donors (Lipinski definition) is 2. The van der Waals surface area contributed by atoms with E-state index in [2.05, 4.69) is 52.0 Å². The summed E-state index contributed by atoms with van der Waals surface area (Å²) in [7, 11) is 0. The zero-order valence-corrected chi connectivity index (χ0v) is 28.2. The van der Waals surface area contributed by atoms with E-state index in [0.29, 0.717) is 11.5 Å². The van der Waals surface area contributed by atoms with Crippen LogP contribution in [0.25, 0.3) is 0 Å². The van der Waals surface area contributed by atoms with E-state index in [9.17, 15) is 10.2 Å². The third-order valence-electron chi connectivity index (χ3n) is 6.90. The van der Waals surface area contributed by atoms with Crippen LogP contribution in [0, 0.1) is 0 Å². The average Bonchev–Trinajstić information content (AvgIpc) is 3.38. The SMILES string of the molecule is CC(=O)[O-].CC(=O)[O-].CCCc1cc(C=NC2CCC(N=Cc3cc(CCC)cc(CCC)c3O)C2)c(O)c(CCC)c1.[Co+2]. The van der Waals surface area contributed by atoms with E-state index in [1.54, 1.807) is 0 Å².